The summed E-state index contributed by atoms with van der Waals surface area (Å²) in [6.07, 6.45) is 9.56. The number of fused-ring (bicyclic) bond motifs is 3. The Morgan fingerprint density at radius 1 is 1.05 bits per heavy atom. The summed E-state index contributed by atoms with van der Waals surface area (Å²) in [5.74, 6) is -2.39. The average molecular weight is 533 g/mol. The highest BCUT2D eigenvalue weighted by Crippen LogP contribution is 2.65. The number of nitrogens with zero attached hydrogens (tertiary/aromatic N) is 2. The smallest absolute Gasteiger partial charge is 0.311 e. The van der Waals surface area contributed by atoms with Gasteiger partial charge in [-0.25, -0.2) is 0 Å². The van der Waals surface area contributed by atoms with Crippen LogP contribution in [0.1, 0.15) is 26.7 Å². The maximum Gasteiger partial charge on any atom is 0.311 e. The van der Waals surface area contributed by atoms with Crippen LogP contribution in [0, 0.1) is 11.8 Å². The number of allylic oxidation sites excluding steroid dienone is 1. The number of ether oxygens (including phenoxy) is 1. The predicted octanol–water partition coefficient (Wildman–Crippen LogP) is 3.70. The van der Waals surface area contributed by atoms with E-state index in [1.165, 1.54) is 16.7 Å². The summed E-state index contributed by atoms with van der Waals surface area (Å²) in [6.45, 7) is 4.10. The van der Waals surface area contributed by atoms with Crippen LogP contribution in [0.3, 0.4) is 0 Å². The number of carbonyl (C=O) groups excluding carboxylic acids is 3. The lowest BCUT2D eigenvalue weighted by Gasteiger charge is -2.38. The molecule has 0 saturated carbocycles. The van der Waals surface area contributed by atoms with Crippen LogP contribution in [0.4, 0.5) is 5.69 Å². The summed E-state index contributed by atoms with van der Waals surface area (Å²) < 4.78 is 3.98. The molecule has 7 nitrogen and oxygen atoms in total. The number of aliphatic hydroxyl groups is 1. The van der Waals surface area contributed by atoms with E-state index in [0.717, 1.165) is 29.3 Å². The fourth-order valence-corrected chi connectivity index (χ4v) is 8.85. The number of anilines is 1. The van der Waals surface area contributed by atoms with Gasteiger partial charge in [-0.2, -0.15) is 0 Å². The standard InChI is InChI=1S/C30H32N2O5S/c1-19(18-33)32-25-27(35)31(22-12-11-20-9-4-5-10-21(20)17-22)15-8-14-30(25)23(26(32)34)24-28(36)37-16-7-3-6-13-29(24,2)38-30/h4-6,8-14,17,19,23-25,33H,3,7,15-16,18H2,1-2H3/b13-6-/t19-,23+,24+,25?,29-,30+/m1/s1. The van der Waals surface area contributed by atoms with Crippen molar-refractivity contribution in [2.24, 2.45) is 11.8 Å². The molecule has 8 heteroatoms. The van der Waals surface area contributed by atoms with Gasteiger partial charge >= 0.3 is 5.97 Å². The molecule has 1 spiro atoms. The molecular formula is C30H32N2O5S. The second kappa shape index (κ2) is 9.27. The van der Waals surface area contributed by atoms with Gasteiger partial charge in [-0.05, 0) is 49.6 Å². The third-order valence-electron chi connectivity index (χ3n) is 8.47. The highest BCUT2D eigenvalue weighted by atomic mass is 32.2. The highest BCUT2D eigenvalue weighted by Gasteiger charge is 2.74. The molecule has 4 aliphatic rings. The molecule has 0 aliphatic carbocycles. The lowest BCUT2D eigenvalue weighted by Crippen LogP contribution is -2.56. The van der Waals surface area contributed by atoms with Crippen LogP contribution >= 0.6 is 11.8 Å². The van der Waals surface area contributed by atoms with Gasteiger partial charge in [-0.15, -0.1) is 11.8 Å². The second-order valence-corrected chi connectivity index (χ2v) is 12.7. The molecule has 0 bridgehead atoms. The lowest BCUT2D eigenvalue weighted by molar-refractivity contribution is -0.154. The first-order chi connectivity index (χ1) is 18.3. The molecule has 2 fully saturated rings. The number of amides is 2. The van der Waals surface area contributed by atoms with E-state index in [2.05, 4.69) is 6.08 Å². The Morgan fingerprint density at radius 3 is 2.63 bits per heavy atom. The van der Waals surface area contributed by atoms with Gasteiger partial charge in [-0.1, -0.05) is 54.6 Å². The molecule has 0 aromatic heterocycles. The average Bonchev–Trinajstić information content (AvgIpc) is 3.27. The van der Waals surface area contributed by atoms with Crippen LogP contribution < -0.4 is 4.90 Å². The van der Waals surface area contributed by atoms with E-state index in [0.29, 0.717) is 13.2 Å². The van der Waals surface area contributed by atoms with Crippen molar-refractivity contribution in [3.05, 3.63) is 66.8 Å². The third-order valence-corrected chi connectivity index (χ3v) is 10.3. The first-order valence-corrected chi connectivity index (χ1v) is 14.1. The molecule has 6 rings (SSSR count). The summed E-state index contributed by atoms with van der Waals surface area (Å²) in [5, 5.41) is 12.2. The van der Waals surface area contributed by atoms with Crippen LogP contribution in [0.2, 0.25) is 0 Å². The van der Waals surface area contributed by atoms with E-state index in [9.17, 15) is 19.5 Å². The number of benzene rings is 2. The highest BCUT2D eigenvalue weighted by molar-refractivity contribution is 8.02. The van der Waals surface area contributed by atoms with Gasteiger partial charge in [0, 0.05) is 17.0 Å². The van der Waals surface area contributed by atoms with Crippen LogP contribution in [-0.4, -0.2) is 69.1 Å². The van der Waals surface area contributed by atoms with E-state index >= 15 is 0 Å². The molecule has 6 atom stereocenters. The normalized spacial score (nSPS) is 34.5. The first kappa shape index (κ1) is 25.2. The maximum absolute atomic E-state index is 14.5. The summed E-state index contributed by atoms with van der Waals surface area (Å²) >= 11 is 1.52. The summed E-state index contributed by atoms with van der Waals surface area (Å²) in [4.78, 5) is 45.5. The number of hydrogen-bond donors (Lipinski definition) is 1. The van der Waals surface area contributed by atoms with Crippen molar-refractivity contribution in [1.82, 2.24) is 4.90 Å². The molecule has 2 aromatic carbocycles. The number of carbonyl (C=O) groups is 3. The van der Waals surface area contributed by atoms with Gasteiger partial charge in [0.25, 0.3) is 5.91 Å². The number of likely N-dealkylation sites (tertiary alicyclic amines) is 1. The molecule has 38 heavy (non-hydrogen) atoms. The van der Waals surface area contributed by atoms with Crippen molar-refractivity contribution in [3.8, 4) is 0 Å². The molecular weight excluding hydrogens is 500 g/mol. The fraction of sp³-hybridized carbons (Fsp3) is 0.433. The molecule has 1 unspecified atom stereocenters. The largest absolute Gasteiger partial charge is 0.465 e. The van der Waals surface area contributed by atoms with Gasteiger partial charge in [-0.3, -0.25) is 14.4 Å². The van der Waals surface area contributed by atoms with Crippen molar-refractivity contribution in [1.29, 1.82) is 0 Å². The quantitative estimate of drug-likeness (QED) is 0.479. The van der Waals surface area contributed by atoms with Gasteiger partial charge in [0.05, 0.1) is 35.8 Å². The van der Waals surface area contributed by atoms with Crippen LogP contribution in [0.25, 0.3) is 10.8 Å². The number of esters is 1. The Labute approximate surface area is 226 Å². The van der Waals surface area contributed by atoms with Crippen molar-refractivity contribution >= 4 is 46.0 Å². The monoisotopic (exact) mass is 532 g/mol. The Bertz CT molecular complexity index is 1370. The SMILES string of the molecule is C[C@H](CO)N1C(=O)[C@@H]2[C@H]3C(=O)OCCC/C=C\[C@@]3(C)S[C@@]23C=CCN(c2ccc4ccccc4c2)C(=O)C13. The zero-order chi connectivity index (χ0) is 26.7. The number of cyclic esters (lactones) is 1. The van der Waals surface area contributed by atoms with E-state index < -0.39 is 39.4 Å². The molecule has 198 valence electrons. The first-order valence-electron chi connectivity index (χ1n) is 13.3. The third kappa shape index (κ3) is 3.64. The summed E-state index contributed by atoms with van der Waals surface area (Å²) in [5.41, 5.74) is 0.749. The van der Waals surface area contributed by atoms with E-state index in [1.54, 1.807) is 11.8 Å². The fourth-order valence-electron chi connectivity index (χ4n) is 6.71. The number of rotatable bonds is 3. The van der Waals surface area contributed by atoms with Crippen LogP contribution in [0.15, 0.2) is 66.8 Å². The molecule has 2 aromatic rings. The van der Waals surface area contributed by atoms with E-state index in [1.807, 2.05) is 67.6 Å². The van der Waals surface area contributed by atoms with Gasteiger partial charge < -0.3 is 19.6 Å². The predicted molar refractivity (Wildman–Crippen MR) is 148 cm³/mol. The zero-order valence-corrected chi connectivity index (χ0v) is 22.4. The Hall–Kier alpha value is -3.10. The number of thioether (sulfide) groups is 1. The van der Waals surface area contributed by atoms with E-state index in [-0.39, 0.29) is 18.4 Å². The van der Waals surface area contributed by atoms with Crippen LogP contribution in [0.5, 0.6) is 0 Å². The lowest BCUT2D eigenvalue weighted by atomic mass is 9.74. The second-order valence-electron chi connectivity index (χ2n) is 10.9. The Kier molecular flexibility index (Phi) is 6.15. The molecule has 0 radical (unpaired) electrons. The number of hydrogen-bond acceptors (Lipinski definition) is 6. The minimum Gasteiger partial charge on any atom is -0.465 e. The molecule has 2 amide bonds. The van der Waals surface area contributed by atoms with Gasteiger partial charge in [0.2, 0.25) is 5.91 Å². The topological polar surface area (TPSA) is 87.2 Å². The van der Waals surface area contributed by atoms with Crippen molar-refractivity contribution < 1.29 is 24.2 Å². The van der Waals surface area contributed by atoms with Crippen molar-refractivity contribution in [2.45, 2.75) is 48.3 Å². The van der Waals surface area contributed by atoms with Crippen molar-refractivity contribution in [2.75, 3.05) is 24.7 Å². The number of aliphatic hydroxyl groups excluding tert-OH is 1. The van der Waals surface area contributed by atoms with E-state index in [4.69, 9.17) is 4.74 Å². The minimum atomic E-state index is -0.967. The molecule has 1 N–H and O–H groups in total. The van der Waals surface area contributed by atoms with Crippen molar-refractivity contribution in [3.63, 3.8) is 0 Å². The van der Waals surface area contributed by atoms with Crippen LogP contribution in [-0.2, 0) is 19.1 Å². The Balaban J connectivity index is 1.49. The van der Waals surface area contributed by atoms with Gasteiger partial charge in [0.15, 0.2) is 0 Å². The minimum absolute atomic E-state index is 0.207. The summed E-state index contributed by atoms with van der Waals surface area (Å²) in [6, 6.07) is 12.5. The summed E-state index contributed by atoms with van der Waals surface area (Å²) in [7, 11) is 0. The molecule has 2 saturated heterocycles. The molecule has 4 heterocycles. The Morgan fingerprint density at radius 2 is 1.84 bits per heavy atom. The van der Waals surface area contributed by atoms with Gasteiger partial charge in [0.1, 0.15) is 6.04 Å². The maximum atomic E-state index is 14.5. The molecule has 4 aliphatic heterocycles. The zero-order valence-electron chi connectivity index (χ0n) is 21.6.